The van der Waals surface area contributed by atoms with Gasteiger partial charge in [-0.3, -0.25) is 9.59 Å². The van der Waals surface area contributed by atoms with E-state index in [1.54, 1.807) is 6.92 Å². The molecule has 0 aliphatic carbocycles. The Hall–Kier alpha value is -1.10. The molecular formula is C14H27NO4. The number of nitrogens with zero attached hydrogens (tertiary/aromatic N) is 1. The van der Waals surface area contributed by atoms with Crippen LogP contribution in [0.2, 0.25) is 0 Å². The SMILES string of the molecule is CCCN(CCO)C(=O)C(C(=O)OCC)C(C)(C)C. The maximum Gasteiger partial charge on any atom is 0.319 e. The highest BCUT2D eigenvalue weighted by atomic mass is 16.5. The summed E-state index contributed by atoms with van der Waals surface area (Å²) >= 11 is 0. The number of hydrogen-bond acceptors (Lipinski definition) is 4. The molecular weight excluding hydrogens is 246 g/mol. The van der Waals surface area contributed by atoms with Crippen LogP contribution in [0.15, 0.2) is 0 Å². The smallest absolute Gasteiger partial charge is 0.319 e. The van der Waals surface area contributed by atoms with Crippen LogP contribution >= 0.6 is 0 Å². The lowest BCUT2D eigenvalue weighted by Gasteiger charge is -2.32. The second-order valence-corrected chi connectivity index (χ2v) is 5.60. The largest absolute Gasteiger partial charge is 0.465 e. The van der Waals surface area contributed by atoms with E-state index in [4.69, 9.17) is 9.84 Å². The molecule has 0 aliphatic heterocycles. The number of rotatable bonds is 7. The van der Waals surface area contributed by atoms with Gasteiger partial charge in [0.05, 0.1) is 13.2 Å². The molecule has 112 valence electrons. The Kier molecular flexibility index (Phi) is 7.68. The fraction of sp³-hybridized carbons (Fsp3) is 0.857. The van der Waals surface area contributed by atoms with Gasteiger partial charge in [-0.15, -0.1) is 0 Å². The molecule has 0 rings (SSSR count). The lowest BCUT2D eigenvalue weighted by Crippen LogP contribution is -2.47. The minimum atomic E-state index is -0.828. The van der Waals surface area contributed by atoms with Gasteiger partial charge < -0.3 is 14.7 Å². The van der Waals surface area contributed by atoms with Gasteiger partial charge in [0.15, 0.2) is 0 Å². The molecule has 1 N–H and O–H groups in total. The molecule has 0 fully saturated rings. The highest BCUT2D eigenvalue weighted by Gasteiger charge is 2.40. The van der Waals surface area contributed by atoms with Crippen LogP contribution in [0, 0.1) is 11.3 Å². The van der Waals surface area contributed by atoms with Gasteiger partial charge in [0, 0.05) is 13.1 Å². The molecule has 0 bridgehead atoms. The summed E-state index contributed by atoms with van der Waals surface area (Å²) in [5, 5.41) is 9.03. The third-order valence-electron chi connectivity index (χ3n) is 2.81. The Bertz CT molecular complexity index is 290. The van der Waals surface area contributed by atoms with E-state index in [0.717, 1.165) is 6.42 Å². The lowest BCUT2D eigenvalue weighted by molar-refractivity contribution is -0.160. The predicted molar refractivity (Wildman–Crippen MR) is 73.5 cm³/mol. The van der Waals surface area contributed by atoms with Gasteiger partial charge in [-0.25, -0.2) is 0 Å². The van der Waals surface area contributed by atoms with Gasteiger partial charge in [0.2, 0.25) is 5.91 Å². The van der Waals surface area contributed by atoms with Crippen molar-refractivity contribution in [2.24, 2.45) is 11.3 Å². The number of aliphatic hydroxyl groups excluding tert-OH is 1. The fourth-order valence-corrected chi connectivity index (χ4v) is 1.96. The second kappa shape index (κ2) is 8.15. The van der Waals surface area contributed by atoms with Crippen molar-refractivity contribution in [3.63, 3.8) is 0 Å². The quantitative estimate of drug-likeness (QED) is 0.563. The third-order valence-corrected chi connectivity index (χ3v) is 2.81. The molecule has 0 saturated heterocycles. The zero-order valence-electron chi connectivity index (χ0n) is 12.7. The van der Waals surface area contributed by atoms with Crippen LogP contribution in [0.25, 0.3) is 0 Å². The van der Waals surface area contributed by atoms with Gasteiger partial charge in [0.1, 0.15) is 5.92 Å². The number of carbonyl (C=O) groups is 2. The van der Waals surface area contributed by atoms with Crippen molar-refractivity contribution in [2.75, 3.05) is 26.3 Å². The van der Waals surface area contributed by atoms with Gasteiger partial charge in [0.25, 0.3) is 0 Å². The maximum absolute atomic E-state index is 12.5. The van der Waals surface area contributed by atoms with Gasteiger partial charge in [-0.2, -0.15) is 0 Å². The molecule has 0 aliphatic rings. The number of hydrogen-bond donors (Lipinski definition) is 1. The zero-order valence-corrected chi connectivity index (χ0v) is 12.7. The van der Waals surface area contributed by atoms with Gasteiger partial charge in [-0.05, 0) is 18.8 Å². The minimum absolute atomic E-state index is 0.106. The van der Waals surface area contributed by atoms with E-state index in [1.165, 1.54) is 4.90 Å². The molecule has 0 aromatic carbocycles. The molecule has 5 nitrogen and oxygen atoms in total. The van der Waals surface area contributed by atoms with E-state index >= 15 is 0 Å². The Balaban J connectivity index is 5.12. The standard InChI is InChI=1S/C14H27NO4/c1-6-8-15(9-10-16)12(17)11(14(3,4)5)13(18)19-7-2/h11,16H,6-10H2,1-5H3. The Morgan fingerprint density at radius 2 is 1.79 bits per heavy atom. The van der Waals surface area contributed by atoms with Crippen LogP contribution in [0.3, 0.4) is 0 Å². The minimum Gasteiger partial charge on any atom is -0.465 e. The molecule has 0 aromatic heterocycles. The van der Waals surface area contributed by atoms with Crippen molar-refractivity contribution in [3.8, 4) is 0 Å². The molecule has 0 heterocycles. The monoisotopic (exact) mass is 273 g/mol. The average Bonchev–Trinajstić information content (AvgIpc) is 2.27. The predicted octanol–water partition coefficient (Wildman–Crippen LogP) is 1.44. The van der Waals surface area contributed by atoms with E-state index in [9.17, 15) is 9.59 Å². The summed E-state index contributed by atoms with van der Waals surface area (Å²) in [5.74, 6) is -1.58. The summed E-state index contributed by atoms with van der Waals surface area (Å²) in [4.78, 5) is 26.0. The summed E-state index contributed by atoms with van der Waals surface area (Å²) in [6.45, 7) is 10.1. The first-order valence-electron chi connectivity index (χ1n) is 6.85. The molecule has 5 heteroatoms. The third kappa shape index (κ3) is 5.59. The Morgan fingerprint density at radius 1 is 1.21 bits per heavy atom. The van der Waals surface area contributed by atoms with Crippen molar-refractivity contribution < 1.29 is 19.4 Å². The van der Waals surface area contributed by atoms with Gasteiger partial charge in [-0.1, -0.05) is 27.7 Å². The van der Waals surface area contributed by atoms with E-state index in [1.807, 2.05) is 27.7 Å². The summed E-state index contributed by atoms with van der Waals surface area (Å²) in [6, 6.07) is 0. The average molecular weight is 273 g/mol. The van der Waals surface area contributed by atoms with Crippen LogP contribution in [0.1, 0.15) is 41.0 Å². The van der Waals surface area contributed by atoms with E-state index in [0.29, 0.717) is 6.54 Å². The molecule has 0 aromatic rings. The highest BCUT2D eigenvalue weighted by Crippen LogP contribution is 2.29. The molecule has 0 radical (unpaired) electrons. The van der Waals surface area contributed by atoms with E-state index in [-0.39, 0.29) is 25.7 Å². The summed E-state index contributed by atoms with van der Waals surface area (Å²) in [6.07, 6.45) is 0.783. The number of aliphatic hydroxyl groups is 1. The summed E-state index contributed by atoms with van der Waals surface area (Å²) in [7, 11) is 0. The van der Waals surface area contributed by atoms with Crippen molar-refractivity contribution in [3.05, 3.63) is 0 Å². The number of amides is 1. The topological polar surface area (TPSA) is 66.8 Å². The first kappa shape index (κ1) is 17.9. The maximum atomic E-state index is 12.5. The number of esters is 1. The first-order valence-corrected chi connectivity index (χ1v) is 6.85. The summed E-state index contributed by atoms with van der Waals surface area (Å²) in [5.41, 5.74) is -0.509. The number of carbonyl (C=O) groups excluding carboxylic acids is 2. The van der Waals surface area contributed by atoms with E-state index in [2.05, 4.69) is 0 Å². The van der Waals surface area contributed by atoms with Crippen molar-refractivity contribution in [2.45, 2.75) is 41.0 Å². The van der Waals surface area contributed by atoms with Crippen molar-refractivity contribution >= 4 is 11.9 Å². The van der Waals surface area contributed by atoms with E-state index < -0.39 is 17.3 Å². The molecule has 19 heavy (non-hydrogen) atoms. The molecule has 0 spiro atoms. The van der Waals surface area contributed by atoms with Crippen LogP contribution in [0.5, 0.6) is 0 Å². The Morgan fingerprint density at radius 3 is 2.16 bits per heavy atom. The van der Waals surface area contributed by atoms with Crippen LogP contribution in [-0.2, 0) is 14.3 Å². The van der Waals surface area contributed by atoms with Crippen LogP contribution in [-0.4, -0.2) is 48.2 Å². The summed E-state index contributed by atoms with van der Waals surface area (Å²) < 4.78 is 5.01. The fourth-order valence-electron chi connectivity index (χ4n) is 1.96. The van der Waals surface area contributed by atoms with Crippen LogP contribution < -0.4 is 0 Å². The molecule has 0 saturated carbocycles. The van der Waals surface area contributed by atoms with Crippen molar-refractivity contribution in [1.29, 1.82) is 0 Å². The zero-order chi connectivity index (χ0) is 15.1. The Labute approximate surface area is 115 Å². The highest BCUT2D eigenvalue weighted by molar-refractivity contribution is 5.98. The molecule has 1 amide bonds. The number of ether oxygens (including phenoxy) is 1. The first-order chi connectivity index (χ1) is 8.79. The normalized spacial score (nSPS) is 12.9. The van der Waals surface area contributed by atoms with Crippen LogP contribution in [0.4, 0.5) is 0 Å². The lowest BCUT2D eigenvalue weighted by atomic mass is 9.79. The molecule has 1 unspecified atom stereocenters. The second-order valence-electron chi connectivity index (χ2n) is 5.60. The van der Waals surface area contributed by atoms with Crippen molar-refractivity contribution in [1.82, 2.24) is 4.90 Å². The van der Waals surface area contributed by atoms with Gasteiger partial charge >= 0.3 is 5.97 Å². The molecule has 1 atom stereocenters.